The zero-order valence-corrected chi connectivity index (χ0v) is 12.7. The maximum atomic E-state index is 9.00. The second kappa shape index (κ2) is 12.1. The second-order valence-corrected chi connectivity index (χ2v) is 3.17. The van der Waals surface area contributed by atoms with Gasteiger partial charge in [0.25, 0.3) is 0 Å². The molecule has 0 saturated heterocycles. The summed E-state index contributed by atoms with van der Waals surface area (Å²) in [5.41, 5.74) is 0. The molecule has 0 radical (unpaired) electrons. The summed E-state index contributed by atoms with van der Waals surface area (Å²) in [6.07, 6.45) is 0. The molecule has 2 N–H and O–H groups in total. The number of phosphoric acid groups is 2. The summed E-state index contributed by atoms with van der Waals surface area (Å²) in [6, 6.07) is 0. The van der Waals surface area contributed by atoms with Crippen LogP contribution in [0.4, 0.5) is 0 Å². The van der Waals surface area contributed by atoms with Crippen LogP contribution in [-0.4, -0.2) is 86.0 Å². The smallest absolute Gasteiger partial charge is 0.788 e. The number of hydrogen-bond acceptors (Lipinski definition) is 10. The van der Waals surface area contributed by atoms with Gasteiger partial charge in [-0.2, -0.15) is 0 Å². The Labute approximate surface area is 138 Å². The fourth-order valence-electron chi connectivity index (χ4n) is 0. The van der Waals surface area contributed by atoms with E-state index in [0.717, 1.165) is 0 Å². The van der Waals surface area contributed by atoms with E-state index in [9.17, 15) is 0 Å². The van der Waals surface area contributed by atoms with E-state index < -0.39 is 15.6 Å². The van der Waals surface area contributed by atoms with Crippen LogP contribution in [-0.2, 0) is 18.5 Å². The monoisotopic (exact) mass is 304 g/mol. The SMILES string of the molecule is O=P([O-])([O-])OO.O=P([O-])([O-])OO.[Ca+2].[Ca+2]. The molecule has 0 atom stereocenters. The molecule has 0 aliphatic rings. The molecule has 0 unspecified atom stereocenters. The molecule has 0 bridgehead atoms. The average Bonchev–Trinajstić information content (AvgIpc) is 1.86. The number of hydrogen-bond donors (Lipinski definition) is 2. The van der Waals surface area contributed by atoms with Gasteiger partial charge in [0.05, 0.1) is 15.6 Å². The molecule has 0 spiro atoms. The van der Waals surface area contributed by atoms with Crippen molar-refractivity contribution >= 4 is 91.1 Å². The summed E-state index contributed by atoms with van der Waals surface area (Å²) in [4.78, 5) is 36.0. The molecule has 0 aliphatic heterocycles. The summed E-state index contributed by atoms with van der Waals surface area (Å²) in [5, 5.41) is 14.0. The molecule has 0 saturated carbocycles. The zero-order valence-electron chi connectivity index (χ0n) is 6.47. The quantitative estimate of drug-likeness (QED) is 0.219. The van der Waals surface area contributed by atoms with Crippen LogP contribution in [0.3, 0.4) is 0 Å². The fraction of sp³-hybridized carbons (Fsp3) is 0. The predicted octanol–water partition coefficient (Wildman–Crippen LogP) is -4.15. The Hall–Kier alpha value is 2.66. The van der Waals surface area contributed by atoms with Gasteiger partial charge in [-0.3, -0.25) is 0 Å². The molecule has 0 heterocycles. The topological polar surface area (TPSA) is 185 Å². The average molecular weight is 304 g/mol. The summed E-state index contributed by atoms with van der Waals surface area (Å²) >= 11 is 0. The summed E-state index contributed by atoms with van der Waals surface area (Å²) in [7, 11) is -10.2. The van der Waals surface area contributed by atoms with Gasteiger partial charge in [-0.05, 0) is 0 Å². The maximum absolute atomic E-state index is 9.00. The molecule has 0 fully saturated rings. The van der Waals surface area contributed by atoms with E-state index in [-0.39, 0.29) is 75.5 Å². The van der Waals surface area contributed by atoms with Gasteiger partial charge in [-0.1, -0.05) is 0 Å². The van der Waals surface area contributed by atoms with Crippen molar-refractivity contribution in [2.24, 2.45) is 0 Å². The summed E-state index contributed by atoms with van der Waals surface area (Å²) in [5.74, 6) is 0. The van der Waals surface area contributed by atoms with Gasteiger partial charge in [-0.15, -0.1) is 0 Å². The third-order valence-corrected chi connectivity index (χ3v) is 0.600. The van der Waals surface area contributed by atoms with Crippen molar-refractivity contribution in [3.63, 3.8) is 0 Å². The van der Waals surface area contributed by atoms with Crippen LogP contribution in [0.15, 0.2) is 0 Å². The van der Waals surface area contributed by atoms with Gasteiger partial charge in [0.15, 0.2) is 0 Å². The molecular formula is H2Ca2O10P2. The molecule has 14 heteroatoms. The van der Waals surface area contributed by atoms with E-state index in [2.05, 4.69) is 9.35 Å². The first-order chi connectivity index (χ1) is 5.12. The molecule has 0 aromatic carbocycles. The Bertz CT molecular complexity index is 166. The Morgan fingerprint density at radius 1 is 0.786 bits per heavy atom. The van der Waals surface area contributed by atoms with Gasteiger partial charge >= 0.3 is 75.5 Å². The Morgan fingerprint density at radius 2 is 0.857 bits per heavy atom. The van der Waals surface area contributed by atoms with Crippen LogP contribution >= 0.6 is 15.6 Å². The Balaban J connectivity index is -0.0000000625. The van der Waals surface area contributed by atoms with Crippen LogP contribution in [0.2, 0.25) is 0 Å². The Kier molecular flexibility index (Phi) is 22.1. The molecule has 0 aliphatic carbocycles. The van der Waals surface area contributed by atoms with Crippen LogP contribution in [0.1, 0.15) is 0 Å². The molecule has 10 nitrogen and oxygen atoms in total. The first kappa shape index (κ1) is 25.5. The third kappa shape index (κ3) is 36.5. The third-order valence-electron chi connectivity index (χ3n) is 0.200. The predicted molar refractivity (Wildman–Crippen MR) is 34.1 cm³/mol. The minimum atomic E-state index is -5.09. The molecular weight excluding hydrogens is 302 g/mol. The fourth-order valence-corrected chi connectivity index (χ4v) is 0. The van der Waals surface area contributed by atoms with Crippen LogP contribution in [0.25, 0.3) is 0 Å². The van der Waals surface area contributed by atoms with Gasteiger partial charge in [0.1, 0.15) is 0 Å². The minimum absolute atomic E-state index is 0. The minimum Gasteiger partial charge on any atom is -0.788 e. The van der Waals surface area contributed by atoms with Gasteiger partial charge in [0, 0.05) is 0 Å². The van der Waals surface area contributed by atoms with Crippen molar-refractivity contribution in [2.45, 2.75) is 0 Å². The maximum Gasteiger partial charge on any atom is 2.00 e. The van der Waals surface area contributed by atoms with Crippen molar-refractivity contribution in [1.29, 1.82) is 0 Å². The van der Waals surface area contributed by atoms with E-state index >= 15 is 0 Å². The molecule has 14 heavy (non-hydrogen) atoms. The van der Waals surface area contributed by atoms with Gasteiger partial charge < -0.3 is 28.7 Å². The van der Waals surface area contributed by atoms with Crippen molar-refractivity contribution < 1.29 is 48.6 Å². The summed E-state index contributed by atoms with van der Waals surface area (Å²) < 4.78 is 22.8. The molecule has 0 aromatic heterocycles. The van der Waals surface area contributed by atoms with E-state index in [4.69, 9.17) is 39.2 Å². The van der Waals surface area contributed by atoms with Crippen molar-refractivity contribution in [1.82, 2.24) is 0 Å². The molecule has 76 valence electrons. The first-order valence-electron chi connectivity index (χ1n) is 1.83. The molecule has 0 rings (SSSR count). The van der Waals surface area contributed by atoms with E-state index in [1.807, 2.05) is 0 Å². The van der Waals surface area contributed by atoms with Crippen LogP contribution in [0.5, 0.6) is 0 Å². The molecule has 0 amide bonds. The van der Waals surface area contributed by atoms with E-state index in [0.29, 0.717) is 0 Å². The zero-order chi connectivity index (χ0) is 10.4. The van der Waals surface area contributed by atoms with Gasteiger partial charge in [0.2, 0.25) is 0 Å². The number of rotatable bonds is 2. The van der Waals surface area contributed by atoms with Crippen molar-refractivity contribution in [3.05, 3.63) is 0 Å². The van der Waals surface area contributed by atoms with Crippen LogP contribution < -0.4 is 19.6 Å². The largest absolute Gasteiger partial charge is 2.00 e. The normalized spacial score (nSPS) is 10.1. The van der Waals surface area contributed by atoms with Gasteiger partial charge in [-0.25, -0.2) is 19.9 Å². The Morgan fingerprint density at radius 3 is 0.857 bits per heavy atom. The summed E-state index contributed by atoms with van der Waals surface area (Å²) in [6.45, 7) is 0. The van der Waals surface area contributed by atoms with Crippen molar-refractivity contribution in [3.8, 4) is 0 Å². The molecule has 0 aromatic rings. The van der Waals surface area contributed by atoms with E-state index in [1.54, 1.807) is 0 Å². The van der Waals surface area contributed by atoms with Crippen LogP contribution in [0, 0.1) is 0 Å². The van der Waals surface area contributed by atoms with E-state index in [1.165, 1.54) is 0 Å². The van der Waals surface area contributed by atoms with Crippen molar-refractivity contribution in [2.75, 3.05) is 0 Å². The first-order valence-corrected chi connectivity index (χ1v) is 4.75. The second-order valence-electron chi connectivity index (χ2n) is 1.06. The standard InChI is InChI=1S/2Ca.2H3O5P/c;;2*1-5-6(2,3)4/h;;2*1H,(H2,2,3,4)/q2*+2;;/p-4.